The molecule has 2 saturated heterocycles. The van der Waals surface area contributed by atoms with Crippen LogP contribution in [0.2, 0.25) is 5.02 Å². The molecular weight excluding hydrogens is 504 g/mol. The van der Waals surface area contributed by atoms with Crippen molar-refractivity contribution in [2.75, 3.05) is 29.6 Å². The maximum absolute atomic E-state index is 12.4. The number of rotatable bonds is 7. The number of carboxylic acids is 1. The van der Waals surface area contributed by atoms with Gasteiger partial charge in [-0.3, -0.25) is 4.79 Å². The lowest BCUT2D eigenvalue weighted by Crippen LogP contribution is -2.38. The molecule has 2 fully saturated rings. The third-order valence-electron chi connectivity index (χ3n) is 5.14. The van der Waals surface area contributed by atoms with Gasteiger partial charge in [-0.1, -0.05) is 35.5 Å². The first-order valence-electron chi connectivity index (χ1n) is 10.2. The zero-order valence-corrected chi connectivity index (χ0v) is 20.4. The van der Waals surface area contributed by atoms with Gasteiger partial charge in [-0.2, -0.15) is 4.99 Å². The molecule has 2 aliphatic rings. The molecule has 0 spiro atoms. The molecule has 0 saturated carbocycles. The lowest BCUT2D eigenvalue weighted by atomic mass is 10.2. The summed E-state index contributed by atoms with van der Waals surface area (Å²) in [5.74, 6) is -1.03. The molecule has 0 radical (unpaired) electrons. The standard InChI is InChI=1S/C22H21ClN2O7S2/c1-13-3-2-4-15(7-13)32-18-6-5-14(23)8-16(18)25-17-11-34(29,30)12-19(17)33-22(25)24-20(26)9-31-10-21(27)28/h2-8,17,19H,9-12H2,1H3,(H,27,28)/t17-,19-/m0/s1. The fourth-order valence-electron chi connectivity index (χ4n) is 3.78. The van der Waals surface area contributed by atoms with Crippen LogP contribution in [0.3, 0.4) is 0 Å². The van der Waals surface area contributed by atoms with Crippen LogP contribution >= 0.6 is 23.4 Å². The molecule has 9 nitrogen and oxygen atoms in total. The number of halogens is 1. The maximum atomic E-state index is 12.4. The van der Waals surface area contributed by atoms with Crippen LogP contribution in [-0.2, 0) is 24.2 Å². The maximum Gasteiger partial charge on any atom is 0.329 e. The largest absolute Gasteiger partial charge is 0.480 e. The molecule has 1 N–H and O–H groups in total. The highest BCUT2D eigenvalue weighted by atomic mass is 35.5. The third-order valence-corrected chi connectivity index (χ3v) is 8.58. The van der Waals surface area contributed by atoms with Gasteiger partial charge in [0.1, 0.15) is 19.0 Å². The quantitative estimate of drug-likeness (QED) is 0.581. The average molecular weight is 525 g/mol. The van der Waals surface area contributed by atoms with Crippen LogP contribution in [0, 0.1) is 6.92 Å². The van der Waals surface area contributed by atoms with E-state index in [1.165, 1.54) is 11.8 Å². The summed E-state index contributed by atoms with van der Waals surface area (Å²) in [6.07, 6.45) is 0. The second kappa shape index (κ2) is 9.95. The minimum Gasteiger partial charge on any atom is -0.480 e. The number of anilines is 1. The number of carbonyl (C=O) groups is 2. The first kappa shape index (κ1) is 24.5. The van der Waals surface area contributed by atoms with Gasteiger partial charge >= 0.3 is 5.97 Å². The summed E-state index contributed by atoms with van der Waals surface area (Å²) in [6.45, 7) is 0.795. The van der Waals surface area contributed by atoms with Crippen molar-refractivity contribution in [3.63, 3.8) is 0 Å². The van der Waals surface area contributed by atoms with E-state index in [9.17, 15) is 18.0 Å². The minimum absolute atomic E-state index is 0.0454. The van der Waals surface area contributed by atoms with Crippen LogP contribution in [0.15, 0.2) is 47.5 Å². The number of amidine groups is 1. The number of benzene rings is 2. The first-order chi connectivity index (χ1) is 16.1. The molecule has 34 heavy (non-hydrogen) atoms. The van der Waals surface area contributed by atoms with Gasteiger partial charge in [-0.05, 0) is 42.8 Å². The van der Waals surface area contributed by atoms with Crippen molar-refractivity contribution in [1.29, 1.82) is 0 Å². The molecule has 0 aliphatic carbocycles. The molecule has 180 valence electrons. The molecule has 2 aromatic rings. The number of carboxylic acid groups (broad SMARTS) is 1. The topological polar surface area (TPSA) is 123 Å². The van der Waals surface area contributed by atoms with Crippen molar-refractivity contribution in [3.05, 3.63) is 53.1 Å². The fraction of sp³-hybridized carbons (Fsp3) is 0.318. The van der Waals surface area contributed by atoms with Crippen molar-refractivity contribution in [2.24, 2.45) is 4.99 Å². The Hall–Kier alpha value is -2.60. The smallest absolute Gasteiger partial charge is 0.329 e. The second-order valence-electron chi connectivity index (χ2n) is 7.88. The Morgan fingerprint density at radius 2 is 2.00 bits per heavy atom. The Balaban J connectivity index is 1.71. The van der Waals surface area contributed by atoms with Gasteiger partial charge in [0.25, 0.3) is 5.91 Å². The van der Waals surface area contributed by atoms with E-state index in [2.05, 4.69) is 4.99 Å². The zero-order valence-electron chi connectivity index (χ0n) is 18.0. The number of sulfone groups is 1. The van der Waals surface area contributed by atoms with Crippen LogP contribution < -0.4 is 9.64 Å². The Kier molecular flexibility index (Phi) is 7.17. The van der Waals surface area contributed by atoms with Crippen molar-refractivity contribution in [3.8, 4) is 11.5 Å². The van der Waals surface area contributed by atoms with Gasteiger partial charge in [0.15, 0.2) is 20.8 Å². The molecule has 2 heterocycles. The summed E-state index contributed by atoms with van der Waals surface area (Å²) in [5.41, 5.74) is 1.48. The predicted octanol–water partition coefficient (Wildman–Crippen LogP) is 3.14. The summed E-state index contributed by atoms with van der Waals surface area (Å²) >= 11 is 7.47. The van der Waals surface area contributed by atoms with Crippen LogP contribution in [0.25, 0.3) is 0 Å². The first-order valence-corrected chi connectivity index (χ1v) is 13.3. The Bertz CT molecular complexity index is 1270. The van der Waals surface area contributed by atoms with E-state index < -0.39 is 41.0 Å². The number of ether oxygens (including phenoxy) is 2. The predicted molar refractivity (Wildman–Crippen MR) is 130 cm³/mol. The van der Waals surface area contributed by atoms with Crippen LogP contribution in [0.1, 0.15) is 5.56 Å². The average Bonchev–Trinajstić information content (AvgIpc) is 3.19. The molecule has 4 rings (SSSR count). The number of aliphatic carboxylic acids is 1. The van der Waals surface area contributed by atoms with E-state index in [1.54, 1.807) is 29.2 Å². The van der Waals surface area contributed by atoms with E-state index in [4.69, 9.17) is 26.2 Å². The normalized spacial score (nSPS) is 22.1. The SMILES string of the molecule is Cc1cccc(Oc2ccc(Cl)cc2N2C(=NC(=O)COCC(=O)O)S[C@H]3CS(=O)(=O)C[C@@H]32)c1. The highest BCUT2D eigenvalue weighted by Crippen LogP contribution is 2.45. The number of hydrogen-bond donors (Lipinski definition) is 1. The van der Waals surface area contributed by atoms with Crippen molar-refractivity contribution in [1.82, 2.24) is 0 Å². The summed E-state index contributed by atoms with van der Waals surface area (Å²) < 4.78 is 35.7. The molecule has 2 aromatic carbocycles. The molecule has 0 bridgehead atoms. The molecular formula is C22H21ClN2O7S2. The van der Waals surface area contributed by atoms with Gasteiger partial charge in [0, 0.05) is 10.3 Å². The van der Waals surface area contributed by atoms with E-state index in [0.29, 0.717) is 22.2 Å². The number of amides is 1. The Labute approximate surface area is 205 Å². The van der Waals surface area contributed by atoms with Gasteiger partial charge in [0.05, 0.1) is 23.2 Å². The van der Waals surface area contributed by atoms with E-state index in [1.807, 2.05) is 25.1 Å². The second-order valence-corrected chi connectivity index (χ2v) is 11.7. The van der Waals surface area contributed by atoms with Gasteiger partial charge in [0.2, 0.25) is 0 Å². The fourth-order valence-corrected chi connectivity index (χ4v) is 7.87. The number of aliphatic imine (C=N–C) groups is 1. The monoisotopic (exact) mass is 524 g/mol. The molecule has 0 unspecified atom stereocenters. The molecule has 2 aliphatic heterocycles. The van der Waals surface area contributed by atoms with E-state index in [0.717, 1.165) is 5.56 Å². The van der Waals surface area contributed by atoms with E-state index >= 15 is 0 Å². The molecule has 2 atom stereocenters. The lowest BCUT2D eigenvalue weighted by molar-refractivity contribution is -0.143. The number of hydrogen-bond acceptors (Lipinski definition) is 7. The third kappa shape index (κ3) is 5.72. The highest BCUT2D eigenvalue weighted by Gasteiger charge is 2.50. The van der Waals surface area contributed by atoms with Gasteiger partial charge in [-0.25, -0.2) is 13.2 Å². The zero-order chi connectivity index (χ0) is 24.5. The number of nitrogens with zero attached hydrogens (tertiary/aromatic N) is 2. The molecule has 1 amide bonds. The molecule has 12 heteroatoms. The van der Waals surface area contributed by atoms with Gasteiger partial charge in [-0.15, -0.1) is 0 Å². The summed E-state index contributed by atoms with van der Waals surface area (Å²) in [6, 6.07) is 11.9. The summed E-state index contributed by atoms with van der Waals surface area (Å²) in [4.78, 5) is 28.8. The number of aryl methyl sites for hydroxylation is 1. The number of carbonyl (C=O) groups excluding carboxylic acids is 1. The van der Waals surface area contributed by atoms with Crippen molar-refractivity contribution in [2.45, 2.75) is 18.2 Å². The number of fused-ring (bicyclic) bond motifs is 1. The lowest BCUT2D eigenvalue weighted by Gasteiger charge is -2.26. The van der Waals surface area contributed by atoms with E-state index in [-0.39, 0.29) is 21.9 Å². The van der Waals surface area contributed by atoms with Gasteiger partial charge < -0.3 is 19.5 Å². The molecule has 0 aromatic heterocycles. The Morgan fingerprint density at radius 1 is 1.21 bits per heavy atom. The number of thioether (sulfide) groups is 1. The highest BCUT2D eigenvalue weighted by molar-refractivity contribution is 8.16. The van der Waals surface area contributed by atoms with Crippen molar-refractivity contribution >= 4 is 55.9 Å². The van der Waals surface area contributed by atoms with Crippen LogP contribution in [0.5, 0.6) is 11.5 Å². The Morgan fingerprint density at radius 3 is 2.74 bits per heavy atom. The van der Waals surface area contributed by atoms with Crippen LogP contribution in [0.4, 0.5) is 5.69 Å². The van der Waals surface area contributed by atoms with Crippen molar-refractivity contribution < 1.29 is 32.6 Å². The van der Waals surface area contributed by atoms with Crippen LogP contribution in [-0.4, -0.2) is 66.6 Å². The minimum atomic E-state index is -3.28. The summed E-state index contributed by atoms with van der Waals surface area (Å²) in [7, 11) is -3.28. The summed E-state index contributed by atoms with van der Waals surface area (Å²) in [5, 5.41) is 9.04.